The van der Waals surface area contributed by atoms with Gasteiger partial charge in [0.25, 0.3) is 0 Å². The number of thiocarbonyl (C=S) groups is 1. The summed E-state index contributed by atoms with van der Waals surface area (Å²) in [7, 11) is 3.10. The molecule has 0 atom stereocenters. The number of rotatable bonds is 2. The molecule has 1 rings (SSSR count). The number of hydrogen-bond donors (Lipinski definition) is 2. The molecule has 2 N–H and O–H groups in total. The normalized spacial score (nSPS) is 11.7. The van der Waals surface area contributed by atoms with Crippen molar-refractivity contribution in [2.45, 2.75) is 0 Å². The van der Waals surface area contributed by atoms with Crippen molar-refractivity contribution in [2.75, 3.05) is 7.05 Å². The van der Waals surface area contributed by atoms with Crippen molar-refractivity contribution >= 4 is 46.2 Å². The Bertz CT molecular complexity index is 544. The summed E-state index contributed by atoms with van der Waals surface area (Å²) in [5.41, 5.74) is -0.0238. The summed E-state index contributed by atoms with van der Waals surface area (Å²) in [5.74, 6) is -0.394. The number of nitriles is 1. The number of aryl methyl sites for hydroxylation is 1. The first kappa shape index (κ1) is 13.8. The minimum absolute atomic E-state index is 0.00153. The van der Waals surface area contributed by atoms with Crippen LogP contribution in [0.15, 0.2) is 5.57 Å². The van der Waals surface area contributed by atoms with Gasteiger partial charge in [-0.25, -0.2) is 0 Å². The summed E-state index contributed by atoms with van der Waals surface area (Å²) in [4.78, 5) is 0.0981. The Morgan fingerprint density at radius 3 is 2.53 bits per heavy atom. The molecule has 0 saturated heterocycles. The third kappa shape index (κ3) is 2.52. The van der Waals surface area contributed by atoms with E-state index >= 15 is 0 Å². The number of nitrogens with one attached hydrogen (secondary N) is 1. The second kappa shape index (κ2) is 5.36. The molecule has 0 unspecified atom stereocenters. The number of likely N-dealkylation sites (N-methyl/N-ethyl adjacent to an activating group) is 1. The second-order valence-corrected chi connectivity index (χ2v) is 4.12. The van der Waals surface area contributed by atoms with Crippen molar-refractivity contribution in [1.29, 1.82) is 5.26 Å². The third-order valence-corrected chi connectivity index (χ3v) is 3.08. The molecule has 0 aliphatic carbocycles. The van der Waals surface area contributed by atoms with E-state index in [2.05, 4.69) is 10.4 Å². The number of aliphatic hydroxyl groups excluding tert-OH is 1. The summed E-state index contributed by atoms with van der Waals surface area (Å²) in [6, 6.07) is 1.79. The fraction of sp³-hybridized carbons (Fsp3) is 0.222. The quantitative estimate of drug-likeness (QED) is 0.377. The Morgan fingerprint density at radius 1 is 1.59 bits per heavy atom. The average Bonchev–Trinajstić information content (AvgIpc) is 2.53. The highest BCUT2D eigenvalue weighted by molar-refractivity contribution is 7.80. The Morgan fingerprint density at radius 2 is 2.18 bits per heavy atom. The number of aliphatic hydroxyl groups is 1. The summed E-state index contributed by atoms with van der Waals surface area (Å²) >= 11 is 16.6. The predicted molar refractivity (Wildman–Crippen MR) is 70.0 cm³/mol. The van der Waals surface area contributed by atoms with Gasteiger partial charge in [-0.05, 0) is 0 Å². The van der Waals surface area contributed by atoms with Gasteiger partial charge in [0.1, 0.15) is 27.5 Å². The molecule has 1 aromatic rings. The second-order valence-electron chi connectivity index (χ2n) is 2.99. The molecule has 1 aromatic heterocycles. The lowest BCUT2D eigenvalue weighted by Crippen LogP contribution is -2.18. The fourth-order valence-electron chi connectivity index (χ4n) is 1.13. The van der Waals surface area contributed by atoms with E-state index < -0.39 is 5.76 Å². The molecule has 0 bridgehead atoms. The van der Waals surface area contributed by atoms with Crippen LogP contribution < -0.4 is 5.32 Å². The van der Waals surface area contributed by atoms with Crippen LogP contribution in [0.1, 0.15) is 5.56 Å². The lowest BCUT2D eigenvalue weighted by Gasteiger charge is -2.04. The fourth-order valence-corrected chi connectivity index (χ4v) is 1.83. The first-order valence-electron chi connectivity index (χ1n) is 4.37. The van der Waals surface area contributed by atoms with Crippen LogP contribution in [0.5, 0.6) is 0 Å². The summed E-state index contributed by atoms with van der Waals surface area (Å²) in [6.07, 6.45) is 0. The van der Waals surface area contributed by atoms with Crippen molar-refractivity contribution in [2.24, 2.45) is 7.05 Å². The SMILES string of the molecule is CNC(=S)C(C#N)=C(O)c1c(Cl)nn(C)c1Cl. The van der Waals surface area contributed by atoms with E-state index in [0.717, 1.165) is 0 Å². The molecule has 1 heterocycles. The molecule has 0 spiro atoms. The van der Waals surface area contributed by atoms with Gasteiger partial charge in [0.05, 0.1) is 5.56 Å². The van der Waals surface area contributed by atoms with E-state index in [0.29, 0.717) is 0 Å². The van der Waals surface area contributed by atoms with Gasteiger partial charge < -0.3 is 10.4 Å². The zero-order valence-corrected chi connectivity index (χ0v) is 11.3. The molecule has 0 saturated carbocycles. The van der Waals surface area contributed by atoms with Crippen molar-refractivity contribution in [1.82, 2.24) is 15.1 Å². The predicted octanol–water partition coefficient (Wildman–Crippen LogP) is 2.07. The van der Waals surface area contributed by atoms with E-state index in [9.17, 15) is 5.11 Å². The van der Waals surface area contributed by atoms with E-state index in [-0.39, 0.29) is 26.4 Å². The van der Waals surface area contributed by atoms with Gasteiger partial charge in [0.2, 0.25) is 0 Å². The lowest BCUT2D eigenvalue weighted by molar-refractivity contribution is 0.510. The maximum absolute atomic E-state index is 9.96. The molecular formula is C9H8Cl2N4OS. The molecule has 0 aliphatic rings. The molecule has 0 amide bonds. The largest absolute Gasteiger partial charge is 0.506 e. The summed E-state index contributed by atoms with van der Waals surface area (Å²) in [5, 5.41) is 25.4. The topological polar surface area (TPSA) is 73.9 Å². The van der Waals surface area contributed by atoms with Gasteiger partial charge >= 0.3 is 0 Å². The summed E-state index contributed by atoms with van der Waals surface area (Å²) in [6.45, 7) is 0. The maximum Gasteiger partial charge on any atom is 0.163 e. The molecule has 0 aliphatic heterocycles. The van der Waals surface area contributed by atoms with Crippen LogP contribution in [0.3, 0.4) is 0 Å². The van der Waals surface area contributed by atoms with Crippen LogP contribution in [-0.4, -0.2) is 26.9 Å². The number of hydrogen-bond acceptors (Lipinski definition) is 4. The monoisotopic (exact) mass is 290 g/mol. The molecule has 0 radical (unpaired) electrons. The van der Waals surface area contributed by atoms with Gasteiger partial charge in [0, 0.05) is 14.1 Å². The average molecular weight is 291 g/mol. The third-order valence-electron chi connectivity index (χ3n) is 1.97. The molecule has 90 valence electrons. The standard InChI is InChI=1S/C9H8Cl2N4OS/c1-13-9(17)4(3-12)6(16)5-7(10)14-15(2)8(5)11/h16H,1-2H3,(H,13,17). The minimum atomic E-state index is -0.394. The molecular weight excluding hydrogens is 283 g/mol. The van der Waals surface area contributed by atoms with Gasteiger partial charge in [0.15, 0.2) is 5.15 Å². The van der Waals surface area contributed by atoms with Gasteiger partial charge in [-0.15, -0.1) is 0 Å². The minimum Gasteiger partial charge on any atom is -0.506 e. The van der Waals surface area contributed by atoms with Crippen LogP contribution in [-0.2, 0) is 7.05 Å². The van der Waals surface area contributed by atoms with Crippen LogP contribution in [0, 0.1) is 11.3 Å². The van der Waals surface area contributed by atoms with Gasteiger partial charge in [-0.1, -0.05) is 35.4 Å². The number of nitrogens with zero attached hydrogens (tertiary/aromatic N) is 3. The maximum atomic E-state index is 9.96. The van der Waals surface area contributed by atoms with Crippen LogP contribution in [0.2, 0.25) is 10.3 Å². The highest BCUT2D eigenvalue weighted by Crippen LogP contribution is 2.30. The van der Waals surface area contributed by atoms with E-state index in [4.69, 9.17) is 40.7 Å². The molecule has 0 aromatic carbocycles. The highest BCUT2D eigenvalue weighted by Gasteiger charge is 2.21. The Labute approximate surface area is 113 Å². The number of halogens is 2. The summed E-state index contributed by atoms with van der Waals surface area (Å²) < 4.78 is 1.28. The Balaban J connectivity index is 3.46. The van der Waals surface area contributed by atoms with Gasteiger partial charge in [-0.2, -0.15) is 10.4 Å². The smallest absolute Gasteiger partial charge is 0.163 e. The van der Waals surface area contributed by atoms with E-state index in [1.165, 1.54) is 4.68 Å². The van der Waals surface area contributed by atoms with Crippen molar-refractivity contribution in [3.05, 3.63) is 21.4 Å². The zero-order valence-electron chi connectivity index (χ0n) is 8.95. The molecule has 5 nitrogen and oxygen atoms in total. The first-order valence-corrected chi connectivity index (χ1v) is 5.54. The van der Waals surface area contributed by atoms with Gasteiger partial charge in [-0.3, -0.25) is 4.68 Å². The Hall–Kier alpha value is -1.29. The highest BCUT2D eigenvalue weighted by atomic mass is 35.5. The van der Waals surface area contributed by atoms with E-state index in [1.54, 1.807) is 20.2 Å². The number of aromatic nitrogens is 2. The molecule has 0 fully saturated rings. The van der Waals surface area contributed by atoms with Crippen molar-refractivity contribution in [3.63, 3.8) is 0 Å². The molecule has 8 heteroatoms. The molecule has 17 heavy (non-hydrogen) atoms. The zero-order chi connectivity index (χ0) is 13.2. The van der Waals surface area contributed by atoms with E-state index in [1.807, 2.05) is 0 Å². The van der Waals surface area contributed by atoms with Crippen LogP contribution in [0.4, 0.5) is 0 Å². The Kier molecular flexibility index (Phi) is 4.34. The van der Waals surface area contributed by atoms with Crippen molar-refractivity contribution < 1.29 is 5.11 Å². The van der Waals surface area contributed by atoms with Crippen LogP contribution in [0.25, 0.3) is 5.76 Å². The first-order chi connectivity index (χ1) is 7.93. The lowest BCUT2D eigenvalue weighted by atomic mass is 10.1. The van der Waals surface area contributed by atoms with Crippen molar-refractivity contribution in [3.8, 4) is 6.07 Å². The van der Waals surface area contributed by atoms with Crippen LogP contribution >= 0.6 is 35.4 Å².